The first-order valence-electron chi connectivity index (χ1n) is 2.56. The summed E-state index contributed by atoms with van der Waals surface area (Å²) in [6, 6.07) is 0. The van der Waals surface area contributed by atoms with Crippen molar-refractivity contribution in [2.45, 2.75) is 6.92 Å². The molecule has 0 spiro atoms. The summed E-state index contributed by atoms with van der Waals surface area (Å²) >= 11 is 12.5. The molecule has 0 aliphatic rings. The lowest BCUT2D eigenvalue weighted by Crippen LogP contribution is -1.85. The molecule has 0 saturated carbocycles. The molecule has 10 heavy (non-hydrogen) atoms. The fraction of sp³-hybridized carbons (Fsp3) is 0.167. The van der Waals surface area contributed by atoms with Gasteiger partial charge in [-0.15, -0.1) is 11.3 Å². The van der Waals surface area contributed by atoms with Crippen molar-refractivity contribution in [1.82, 2.24) is 0 Å². The highest BCUT2D eigenvalue weighted by atomic mass is 35.5. The molecule has 0 unspecified atom stereocenters. The van der Waals surface area contributed by atoms with Crippen LogP contribution in [0.2, 0.25) is 10.0 Å². The number of thiophene rings is 1. The first-order chi connectivity index (χ1) is 4.63. The molecule has 0 aliphatic heterocycles. The summed E-state index contributed by atoms with van der Waals surface area (Å²) in [5.41, 5.74) is 0. The largest absolute Gasteiger partial charge is 0.294 e. The number of halogens is 2. The monoisotopic (exact) mass is 194 g/mol. The molecule has 1 aromatic rings. The third-order valence-corrected chi connectivity index (χ3v) is 3.12. The predicted molar refractivity (Wildman–Crippen MR) is 44.3 cm³/mol. The first kappa shape index (κ1) is 8.05. The van der Waals surface area contributed by atoms with Crippen molar-refractivity contribution in [2.24, 2.45) is 0 Å². The Bertz CT molecular complexity index is 267. The molecule has 0 bridgehead atoms. The summed E-state index contributed by atoms with van der Waals surface area (Å²) < 4.78 is 0. The van der Waals surface area contributed by atoms with Crippen LogP contribution in [0.1, 0.15) is 16.6 Å². The predicted octanol–water partition coefficient (Wildman–Crippen LogP) is 3.26. The van der Waals surface area contributed by atoms with E-state index in [2.05, 4.69) is 0 Å². The van der Waals surface area contributed by atoms with Crippen molar-refractivity contribution in [3.05, 3.63) is 20.3 Å². The Hall–Kier alpha value is -0.0500. The van der Waals surface area contributed by atoms with Gasteiger partial charge in [0.25, 0.3) is 0 Å². The molecule has 0 N–H and O–H groups in total. The van der Waals surface area contributed by atoms with Crippen LogP contribution in [0.5, 0.6) is 0 Å². The van der Waals surface area contributed by atoms with Crippen molar-refractivity contribution < 1.29 is 4.79 Å². The topological polar surface area (TPSA) is 17.1 Å². The standard InChI is InChI=1S/C6H4Cl2OS/c1-3(9)6-5(8)4(7)2-10-6/h2H,1H3. The zero-order valence-corrected chi connectivity index (χ0v) is 7.48. The maximum Gasteiger partial charge on any atom is 0.171 e. The van der Waals surface area contributed by atoms with Crippen molar-refractivity contribution >= 4 is 40.3 Å². The number of ketones is 1. The first-order valence-corrected chi connectivity index (χ1v) is 4.20. The highest BCUT2D eigenvalue weighted by Crippen LogP contribution is 2.31. The average Bonchev–Trinajstić information content (AvgIpc) is 2.14. The molecule has 4 heteroatoms. The van der Waals surface area contributed by atoms with E-state index in [1.54, 1.807) is 5.38 Å². The maximum absolute atomic E-state index is 10.7. The van der Waals surface area contributed by atoms with E-state index < -0.39 is 0 Å². The maximum atomic E-state index is 10.7. The zero-order chi connectivity index (χ0) is 7.72. The van der Waals surface area contributed by atoms with Crippen molar-refractivity contribution in [1.29, 1.82) is 0 Å². The van der Waals surface area contributed by atoms with Crippen LogP contribution in [0.4, 0.5) is 0 Å². The van der Waals surface area contributed by atoms with Crippen LogP contribution in [0, 0.1) is 0 Å². The average molecular weight is 195 g/mol. The highest BCUT2D eigenvalue weighted by molar-refractivity contribution is 7.13. The number of rotatable bonds is 1. The Morgan fingerprint density at radius 1 is 1.60 bits per heavy atom. The molecule has 1 rings (SSSR count). The van der Waals surface area contributed by atoms with Crippen molar-refractivity contribution in [3.63, 3.8) is 0 Å². The van der Waals surface area contributed by atoms with Crippen LogP contribution in [-0.4, -0.2) is 5.78 Å². The molecule has 1 aromatic heterocycles. The molecule has 0 amide bonds. The fourth-order valence-electron chi connectivity index (χ4n) is 0.560. The third kappa shape index (κ3) is 1.34. The highest BCUT2D eigenvalue weighted by Gasteiger charge is 2.10. The second-order valence-corrected chi connectivity index (χ2v) is 3.45. The molecule has 0 saturated heterocycles. The smallest absolute Gasteiger partial charge is 0.171 e. The van der Waals surface area contributed by atoms with Gasteiger partial charge in [-0.1, -0.05) is 23.2 Å². The van der Waals surface area contributed by atoms with Gasteiger partial charge in [-0.05, 0) is 0 Å². The molecule has 0 fully saturated rings. The third-order valence-electron chi connectivity index (χ3n) is 1.01. The van der Waals surface area contributed by atoms with E-state index in [0.717, 1.165) is 0 Å². The normalized spacial score (nSPS) is 9.90. The summed E-state index contributed by atoms with van der Waals surface area (Å²) in [4.78, 5) is 11.3. The summed E-state index contributed by atoms with van der Waals surface area (Å²) in [6.07, 6.45) is 0. The van der Waals surface area contributed by atoms with Gasteiger partial charge in [-0.2, -0.15) is 0 Å². The number of Topliss-reactive ketones (excluding diaryl/α,β-unsaturated/α-hetero) is 1. The second-order valence-electron chi connectivity index (χ2n) is 1.78. The van der Waals surface area contributed by atoms with Crippen LogP contribution >= 0.6 is 34.5 Å². The lowest BCUT2D eigenvalue weighted by molar-refractivity contribution is 0.102. The van der Waals surface area contributed by atoms with Gasteiger partial charge in [0, 0.05) is 12.3 Å². The Labute approximate surface area is 72.6 Å². The fourth-order valence-corrected chi connectivity index (χ4v) is 1.95. The summed E-state index contributed by atoms with van der Waals surface area (Å²) in [5, 5.41) is 2.48. The molecule has 54 valence electrons. The van der Waals surface area contributed by atoms with E-state index in [-0.39, 0.29) is 5.78 Å². The molecule has 0 atom stereocenters. The van der Waals surface area contributed by atoms with E-state index in [9.17, 15) is 4.79 Å². The minimum Gasteiger partial charge on any atom is -0.294 e. The molecule has 1 heterocycles. The molecule has 0 aromatic carbocycles. The van der Waals surface area contributed by atoms with E-state index >= 15 is 0 Å². The van der Waals surface area contributed by atoms with E-state index in [1.807, 2.05) is 0 Å². The van der Waals surface area contributed by atoms with Gasteiger partial charge in [0.05, 0.1) is 14.9 Å². The van der Waals surface area contributed by atoms with E-state index in [0.29, 0.717) is 14.9 Å². The van der Waals surface area contributed by atoms with Crippen LogP contribution in [-0.2, 0) is 0 Å². The number of carbonyl (C=O) groups excluding carboxylic acids is 1. The Kier molecular flexibility index (Phi) is 2.34. The lowest BCUT2D eigenvalue weighted by atomic mass is 10.3. The number of hydrogen-bond acceptors (Lipinski definition) is 2. The molecular formula is C6H4Cl2OS. The quantitative estimate of drug-likeness (QED) is 0.628. The SMILES string of the molecule is CC(=O)c1scc(Cl)c1Cl. The summed E-state index contributed by atoms with van der Waals surface area (Å²) in [6.45, 7) is 1.47. The van der Waals surface area contributed by atoms with Crippen LogP contribution < -0.4 is 0 Å². The molecule has 0 aliphatic carbocycles. The molecule has 0 radical (unpaired) electrons. The van der Waals surface area contributed by atoms with Gasteiger partial charge < -0.3 is 0 Å². The molecular weight excluding hydrogens is 191 g/mol. The summed E-state index contributed by atoms with van der Waals surface area (Å²) in [7, 11) is 0. The van der Waals surface area contributed by atoms with Gasteiger partial charge >= 0.3 is 0 Å². The van der Waals surface area contributed by atoms with Gasteiger partial charge in [-0.3, -0.25) is 4.79 Å². The molecule has 1 nitrogen and oxygen atoms in total. The van der Waals surface area contributed by atoms with Gasteiger partial charge in [0.15, 0.2) is 5.78 Å². The Morgan fingerprint density at radius 3 is 2.40 bits per heavy atom. The van der Waals surface area contributed by atoms with Crippen molar-refractivity contribution in [3.8, 4) is 0 Å². The minimum absolute atomic E-state index is 0.0399. The van der Waals surface area contributed by atoms with E-state index in [4.69, 9.17) is 23.2 Å². The summed E-state index contributed by atoms with van der Waals surface area (Å²) in [5.74, 6) is -0.0399. The Morgan fingerprint density at radius 2 is 2.20 bits per heavy atom. The van der Waals surface area contributed by atoms with Crippen molar-refractivity contribution in [2.75, 3.05) is 0 Å². The van der Waals surface area contributed by atoms with Crippen LogP contribution in [0.15, 0.2) is 5.38 Å². The van der Waals surface area contributed by atoms with Crippen LogP contribution in [0.3, 0.4) is 0 Å². The second kappa shape index (κ2) is 2.91. The number of carbonyl (C=O) groups is 1. The zero-order valence-electron chi connectivity index (χ0n) is 5.15. The van der Waals surface area contributed by atoms with Gasteiger partial charge in [0.1, 0.15) is 0 Å². The lowest BCUT2D eigenvalue weighted by Gasteiger charge is -1.87. The van der Waals surface area contributed by atoms with E-state index in [1.165, 1.54) is 18.3 Å². The van der Waals surface area contributed by atoms with Gasteiger partial charge in [0.2, 0.25) is 0 Å². The van der Waals surface area contributed by atoms with Gasteiger partial charge in [-0.25, -0.2) is 0 Å². The van der Waals surface area contributed by atoms with Crippen LogP contribution in [0.25, 0.3) is 0 Å². The Balaban J connectivity index is 3.17. The minimum atomic E-state index is -0.0399. The number of hydrogen-bond donors (Lipinski definition) is 0.